The molecule has 3 N–H and O–H groups in total. The Kier molecular flexibility index (Phi) is 6.51. The number of amides is 3. The van der Waals surface area contributed by atoms with Crippen LogP contribution in [0.3, 0.4) is 0 Å². The molecule has 0 saturated carbocycles. The van der Waals surface area contributed by atoms with Gasteiger partial charge in [0.05, 0.1) is 11.5 Å². The SMILES string of the molecule is CC(C)C[C@@H](NC(=O)NC1CCS(=O)(=O)C1)C(=O)Nc1ccc2c(c1)OCCO2. The largest absolute Gasteiger partial charge is 0.486 e. The van der Waals surface area contributed by atoms with E-state index in [1.165, 1.54) is 0 Å². The van der Waals surface area contributed by atoms with Crippen LogP contribution in [-0.4, -0.2) is 57.2 Å². The van der Waals surface area contributed by atoms with Crippen molar-refractivity contribution >= 4 is 27.5 Å². The molecule has 0 aromatic heterocycles. The van der Waals surface area contributed by atoms with Crippen LogP contribution < -0.4 is 25.4 Å². The molecule has 1 aromatic rings. The van der Waals surface area contributed by atoms with E-state index in [-0.39, 0.29) is 23.3 Å². The van der Waals surface area contributed by atoms with Crippen molar-refractivity contribution < 1.29 is 27.5 Å². The third-order valence-corrected chi connectivity index (χ3v) is 6.47. The summed E-state index contributed by atoms with van der Waals surface area (Å²) in [5.74, 6) is 0.985. The van der Waals surface area contributed by atoms with Crippen LogP contribution in [0.5, 0.6) is 11.5 Å². The lowest BCUT2D eigenvalue weighted by atomic mass is 10.0. The maximum Gasteiger partial charge on any atom is 0.315 e. The monoisotopic (exact) mass is 425 g/mol. The quantitative estimate of drug-likeness (QED) is 0.631. The standard InChI is InChI=1S/C19H27N3O6S/c1-12(2)9-15(22-19(24)21-14-5-8-29(25,26)11-14)18(23)20-13-3-4-16-17(10-13)28-7-6-27-16/h3-4,10,12,14-15H,5-9,11H2,1-2H3,(H,20,23)(H2,21,22,24)/t14?,15-/m1/s1. The summed E-state index contributed by atoms with van der Waals surface area (Å²) >= 11 is 0. The van der Waals surface area contributed by atoms with Gasteiger partial charge in [0.15, 0.2) is 21.3 Å². The molecular weight excluding hydrogens is 398 g/mol. The van der Waals surface area contributed by atoms with Gasteiger partial charge in [0.25, 0.3) is 0 Å². The minimum absolute atomic E-state index is 0.0674. The van der Waals surface area contributed by atoms with Gasteiger partial charge in [0, 0.05) is 17.8 Å². The van der Waals surface area contributed by atoms with Crippen molar-refractivity contribution in [2.75, 3.05) is 30.0 Å². The summed E-state index contributed by atoms with van der Waals surface area (Å²) in [5, 5.41) is 8.12. The summed E-state index contributed by atoms with van der Waals surface area (Å²) in [7, 11) is -3.10. The predicted molar refractivity (Wildman–Crippen MR) is 108 cm³/mol. The van der Waals surface area contributed by atoms with Gasteiger partial charge in [-0.05, 0) is 30.9 Å². The number of urea groups is 1. The minimum Gasteiger partial charge on any atom is -0.486 e. The molecule has 0 bridgehead atoms. The smallest absolute Gasteiger partial charge is 0.315 e. The van der Waals surface area contributed by atoms with Crippen LogP contribution >= 0.6 is 0 Å². The van der Waals surface area contributed by atoms with Crippen LogP contribution in [0, 0.1) is 5.92 Å². The Balaban J connectivity index is 1.61. The third-order valence-electron chi connectivity index (χ3n) is 4.71. The summed E-state index contributed by atoms with van der Waals surface area (Å²) in [6, 6.07) is 3.38. The second-order valence-electron chi connectivity index (χ2n) is 7.75. The maximum absolute atomic E-state index is 12.8. The number of ether oxygens (including phenoxy) is 2. The molecule has 1 saturated heterocycles. The van der Waals surface area contributed by atoms with Crippen molar-refractivity contribution in [1.82, 2.24) is 10.6 Å². The molecule has 2 heterocycles. The molecule has 1 aromatic carbocycles. The fraction of sp³-hybridized carbons (Fsp3) is 0.579. The first-order valence-electron chi connectivity index (χ1n) is 9.70. The Morgan fingerprint density at radius 1 is 1.17 bits per heavy atom. The van der Waals surface area contributed by atoms with Crippen LogP contribution in [0.4, 0.5) is 10.5 Å². The van der Waals surface area contributed by atoms with Gasteiger partial charge in [-0.3, -0.25) is 4.79 Å². The van der Waals surface area contributed by atoms with Crippen molar-refractivity contribution in [1.29, 1.82) is 0 Å². The first-order chi connectivity index (χ1) is 13.7. The third kappa shape index (κ3) is 5.99. The number of hydrogen-bond donors (Lipinski definition) is 3. The van der Waals surface area contributed by atoms with Crippen molar-refractivity contribution in [3.8, 4) is 11.5 Å². The van der Waals surface area contributed by atoms with Gasteiger partial charge in [-0.25, -0.2) is 13.2 Å². The second-order valence-corrected chi connectivity index (χ2v) is 9.98. The van der Waals surface area contributed by atoms with E-state index in [0.717, 1.165) is 0 Å². The molecule has 2 atom stereocenters. The van der Waals surface area contributed by atoms with Crippen molar-refractivity contribution in [3.63, 3.8) is 0 Å². The molecule has 3 amide bonds. The van der Waals surface area contributed by atoms with Crippen LogP contribution in [0.2, 0.25) is 0 Å². The summed E-state index contributed by atoms with van der Waals surface area (Å²) < 4.78 is 34.1. The number of sulfone groups is 1. The molecule has 3 rings (SSSR count). The van der Waals surface area contributed by atoms with Crippen molar-refractivity contribution in [2.45, 2.75) is 38.8 Å². The highest BCUT2D eigenvalue weighted by molar-refractivity contribution is 7.91. The molecule has 2 aliphatic rings. The fourth-order valence-corrected chi connectivity index (χ4v) is 5.02. The molecule has 0 spiro atoms. The maximum atomic E-state index is 12.8. The normalized spacial score (nSPS) is 20.7. The number of fused-ring (bicyclic) bond motifs is 1. The highest BCUT2D eigenvalue weighted by Crippen LogP contribution is 2.32. The van der Waals surface area contributed by atoms with Gasteiger partial charge in [-0.2, -0.15) is 0 Å². The Morgan fingerprint density at radius 2 is 1.90 bits per heavy atom. The van der Waals surface area contributed by atoms with Gasteiger partial charge in [-0.15, -0.1) is 0 Å². The van der Waals surface area contributed by atoms with E-state index in [0.29, 0.717) is 43.2 Å². The first kappa shape index (κ1) is 21.2. The Hall–Kier alpha value is -2.49. The molecular formula is C19H27N3O6S. The highest BCUT2D eigenvalue weighted by Gasteiger charge is 2.30. The highest BCUT2D eigenvalue weighted by atomic mass is 32.2. The minimum atomic E-state index is -3.10. The van der Waals surface area contributed by atoms with Crippen LogP contribution in [0.1, 0.15) is 26.7 Å². The van der Waals surface area contributed by atoms with E-state index >= 15 is 0 Å². The summed E-state index contributed by atoms with van der Waals surface area (Å²) in [6.45, 7) is 4.83. The van der Waals surface area contributed by atoms with Gasteiger partial charge in [0.1, 0.15) is 19.3 Å². The molecule has 1 fully saturated rings. The van der Waals surface area contributed by atoms with E-state index in [1.807, 2.05) is 13.8 Å². The molecule has 10 heteroatoms. The number of nitrogens with one attached hydrogen (secondary N) is 3. The molecule has 9 nitrogen and oxygen atoms in total. The number of hydrogen-bond acceptors (Lipinski definition) is 6. The topological polar surface area (TPSA) is 123 Å². The molecule has 160 valence electrons. The number of anilines is 1. The first-order valence-corrected chi connectivity index (χ1v) is 11.5. The molecule has 0 radical (unpaired) electrons. The summed E-state index contributed by atoms with van der Waals surface area (Å²) in [5.41, 5.74) is 0.539. The lowest BCUT2D eigenvalue weighted by Crippen LogP contribution is -2.51. The van der Waals surface area contributed by atoms with Crippen LogP contribution in [-0.2, 0) is 14.6 Å². The molecule has 0 aliphatic carbocycles. The van der Waals surface area contributed by atoms with Crippen molar-refractivity contribution in [3.05, 3.63) is 18.2 Å². The number of rotatable bonds is 6. The zero-order chi connectivity index (χ0) is 21.0. The van der Waals surface area contributed by atoms with E-state index < -0.39 is 28.0 Å². The Labute approximate surface area is 170 Å². The van der Waals surface area contributed by atoms with Crippen LogP contribution in [0.25, 0.3) is 0 Å². The molecule has 2 aliphatic heterocycles. The van der Waals surface area contributed by atoms with Gasteiger partial charge in [-0.1, -0.05) is 13.8 Å². The Bertz CT molecular complexity index is 871. The van der Waals surface area contributed by atoms with Gasteiger partial charge in [0.2, 0.25) is 5.91 Å². The second kappa shape index (κ2) is 8.89. The van der Waals surface area contributed by atoms with Crippen molar-refractivity contribution in [2.24, 2.45) is 5.92 Å². The zero-order valence-corrected chi connectivity index (χ0v) is 17.4. The van der Waals surface area contributed by atoms with Gasteiger partial charge >= 0.3 is 6.03 Å². The molecule has 29 heavy (non-hydrogen) atoms. The fourth-order valence-electron chi connectivity index (χ4n) is 3.35. The van der Waals surface area contributed by atoms with E-state index in [4.69, 9.17) is 9.47 Å². The molecule has 1 unspecified atom stereocenters. The van der Waals surface area contributed by atoms with Crippen LogP contribution in [0.15, 0.2) is 18.2 Å². The number of carbonyl (C=O) groups is 2. The average molecular weight is 426 g/mol. The summed E-state index contributed by atoms with van der Waals surface area (Å²) in [6.07, 6.45) is 0.820. The van der Waals surface area contributed by atoms with E-state index in [2.05, 4.69) is 16.0 Å². The number of benzene rings is 1. The zero-order valence-electron chi connectivity index (χ0n) is 16.6. The number of carbonyl (C=O) groups excluding carboxylic acids is 2. The lowest BCUT2D eigenvalue weighted by Gasteiger charge is -2.22. The van der Waals surface area contributed by atoms with E-state index in [1.54, 1.807) is 18.2 Å². The van der Waals surface area contributed by atoms with E-state index in [9.17, 15) is 18.0 Å². The average Bonchev–Trinajstić information content (AvgIpc) is 2.98. The lowest BCUT2D eigenvalue weighted by molar-refractivity contribution is -0.118. The predicted octanol–water partition coefficient (Wildman–Crippen LogP) is 1.30. The van der Waals surface area contributed by atoms with Gasteiger partial charge < -0.3 is 25.4 Å². The summed E-state index contributed by atoms with van der Waals surface area (Å²) in [4.78, 5) is 25.1. The Morgan fingerprint density at radius 3 is 2.55 bits per heavy atom.